The molecule has 0 atom stereocenters. The number of fused-ring (bicyclic) bond motifs is 1. The van der Waals surface area contributed by atoms with Crippen molar-refractivity contribution in [2.75, 3.05) is 5.32 Å². The van der Waals surface area contributed by atoms with Crippen molar-refractivity contribution in [1.29, 1.82) is 0 Å². The molecule has 0 spiro atoms. The van der Waals surface area contributed by atoms with Crippen LogP contribution in [0.4, 0.5) is 5.69 Å². The highest BCUT2D eigenvalue weighted by Crippen LogP contribution is 2.41. The molecule has 0 bridgehead atoms. The molecule has 1 aliphatic rings. The third-order valence-electron chi connectivity index (χ3n) is 5.16. The summed E-state index contributed by atoms with van der Waals surface area (Å²) in [5.41, 5.74) is 9.16. The Balaban J connectivity index is 1.61. The van der Waals surface area contributed by atoms with E-state index in [-0.39, 0.29) is 5.91 Å². The number of nitrogens with one attached hydrogen (secondary N) is 1. The van der Waals surface area contributed by atoms with Crippen LogP contribution in [0.3, 0.4) is 0 Å². The second kappa shape index (κ2) is 7.11. The largest absolute Gasteiger partial charge is 0.366 e. The fourth-order valence-corrected chi connectivity index (χ4v) is 3.48. The molecular weight excluding hydrogens is 380 g/mol. The summed E-state index contributed by atoms with van der Waals surface area (Å²) in [6, 6.07) is 17.9. The Labute approximate surface area is 171 Å². The van der Waals surface area contributed by atoms with E-state index in [1.807, 2.05) is 36.4 Å². The van der Waals surface area contributed by atoms with Crippen LogP contribution in [0.1, 0.15) is 45.2 Å². The van der Waals surface area contributed by atoms with E-state index in [0.29, 0.717) is 39.5 Å². The van der Waals surface area contributed by atoms with Gasteiger partial charge in [-0.15, -0.1) is 0 Å². The molecular formula is C23H18N4O3. The normalized spacial score (nSPS) is 13.3. The van der Waals surface area contributed by atoms with Crippen LogP contribution in [0.15, 0.2) is 65.2 Å². The van der Waals surface area contributed by atoms with Crippen LogP contribution in [-0.2, 0) is 0 Å². The Hall–Kier alpha value is -4.00. The van der Waals surface area contributed by atoms with Crippen molar-refractivity contribution in [3.8, 4) is 11.3 Å². The molecule has 2 aromatic carbocycles. The van der Waals surface area contributed by atoms with Gasteiger partial charge in [0.2, 0.25) is 5.91 Å². The van der Waals surface area contributed by atoms with Crippen LogP contribution in [-0.4, -0.2) is 22.0 Å². The summed E-state index contributed by atoms with van der Waals surface area (Å²) in [5.74, 6) is -0.547. The minimum atomic E-state index is -0.557. The van der Waals surface area contributed by atoms with E-state index in [0.717, 1.165) is 24.1 Å². The van der Waals surface area contributed by atoms with Gasteiger partial charge in [0.15, 0.2) is 0 Å². The number of nitrogens with two attached hydrogens (primary N) is 1. The molecule has 1 aliphatic carbocycles. The summed E-state index contributed by atoms with van der Waals surface area (Å²) in [5, 5.41) is 7.62. The van der Waals surface area contributed by atoms with E-state index in [4.69, 9.17) is 10.3 Å². The van der Waals surface area contributed by atoms with E-state index in [1.54, 1.807) is 24.3 Å². The Kier molecular flexibility index (Phi) is 4.28. The predicted molar refractivity (Wildman–Crippen MR) is 112 cm³/mol. The monoisotopic (exact) mass is 398 g/mol. The number of benzene rings is 2. The van der Waals surface area contributed by atoms with Crippen LogP contribution in [0, 0.1) is 0 Å². The lowest BCUT2D eigenvalue weighted by Crippen LogP contribution is -2.15. The molecule has 1 saturated carbocycles. The molecule has 7 heteroatoms. The SMILES string of the molecule is NC(=O)c1cccc(NC(=O)c2cc(C3CC3)nc3onc(-c4ccccc4)c23)c1. The molecule has 0 radical (unpaired) electrons. The van der Waals surface area contributed by atoms with Crippen molar-refractivity contribution in [3.05, 3.63) is 77.5 Å². The average molecular weight is 398 g/mol. The van der Waals surface area contributed by atoms with Gasteiger partial charge in [0.05, 0.1) is 10.9 Å². The summed E-state index contributed by atoms with van der Waals surface area (Å²) in [6.45, 7) is 0. The summed E-state index contributed by atoms with van der Waals surface area (Å²) >= 11 is 0. The Morgan fingerprint density at radius 3 is 2.57 bits per heavy atom. The summed E-state index contributed by atoms with van der Waals surface area (Å²) < 4.78 is 5.51. The number of carbonyl (C=O) groups is 2. The third kappa shape index (κ3) is 3.30. The number of amides is 2. The van der Waals surface area contributed by atoms with Crippen LogP contribution < -0.4 is 11.1 Å². The highest BCUT2D eigenvalue weighted by molar-refractivity contribution is 6.15. The van der Waals surface area contributed by atoms with Gasteiger partial charge < -0.3 is 15.6 Å². The number of nitrogens with zero attached hydrogens (tertiary/aromatic N) is 2. The molecule has 0 saturated heterocycles. The predicted octanol–water partition coefficient (Wildman–Crippen LogP) is 4.12. The van der Waals surface area contributed by atoms with Gasteiger partial charge in [-0.25, -0.2) is 4.98 Å². The van der Waals surface area contributed by atoms with Gasteiger partial charge in [0, 0.05) is 28.4 Å². The maximum atomic E-state index is 13.3. The number of rotatable bonds is 5. The molecule has 5 rings (SSSR count). The molecule has 30 heavy (non-hydrogen) atoms. The highest BCUT2D eigenvalue weighted by atomic mass is 16.5. The fourth-order valence-electron chi connectivity index (χ4n) is 3.48. The number of aromatic nitrogens is 2. The first-order valence-corrected chi connectivity index (χ1v) is 9.67. The summed E-state index contributed by atoms with van der Waals surface area (Å²) in [4.78, 5) is 29.3. The number of primary amides is 1. The van der Waals surface area contributed by atoms with E-state index in [2.05, 4.69) is 15.5 Å². The van der Waals surface area contributed by atoms with Crippen molar-refractivity contribution in [1.82, 2.24) is 10.1 Å². The van der Waals surface area contributed by atoms with E-state index in [1.165, 1.54) is 0 Å². The molecule has 2 heterocycles. The minimum Gasteiger partial charge on any atom is -0.366 e. The lowest BCUT2D eigenvalue weighted by Gasteiger charge is -2.09. The third-order valence-corrected chi connectivity index (χ3v) is 5.16. The number of hydrogen-bond acceptors (Lipinski definition) is 5. The van der Waals surface area contributed by atoms with Gasteiger partial charge in [-0.05, 0) is 37.1 Å². The molecule has 4 aromatic rings. The Morgan fingerprint density at radius 2 is 1.83 bits per heavy atom. The molecule has 3 N–H and O–H groups in total. The fraction of sp³-hybridized carbons (Fsp3) is 0.130. The zero-order chi connectivity index (χ0) is 20.7. The van der Waals surface area contributed by atoms with Gasteiger partial charge in [0.1, 0.15) is 5.69 Å². The van der Waals surface area contributed by atoms with Crippen molar-refractivity contribution >= 4 is 28.6 Å². The lowest BCUT2D eigenvalue weighted by molar-refractivity contribution is 0.0996. The molecule has 0 aliphatic heterocycles. The molecule has 7 nitrogen and oxygen atoms in total. The van der Waals surface area contributed by atoms with Crippen molar-refractivity contribution in [3.63, 3.8) is 0 Å². The standard InChI is InChI=1S/C23H18N4O3/c24-21(28)15-7-4-8-16(11-15)25-22(29)17-12-18(13-9-10-13)26-23-19(17)20(27-30-23)14-5-2-1-3-6-14/h1-8,11-13H,9-10H2,(H2,24,28)(H,25,29). The second-order valence-corrected chi connectivity index (χ2v) is 7.35. The molecule has 0 unspecified atom stereocenters. The maximum Gasteiger partial charge on any atom is 0.259 e. The van der Waals surface area contributed by atoms with Crippen LogP contribution in [0.5, 0.6) is 0 Å². The van der Waals surface area contributed by atoms with Crippen LogP contribution >= 0.6 is 0 Å². The first-order chi connectivity index (χ1) is 14.6. The van der Waals surface area contributed by atoms with E-state index < -0.39 is 5.91 Å². The Morgan fingerprint density at radius 1 is 1.03 bits per heavy atom. The average Bonchev–Trinajstić information content (AvgIpc) is 3.53. The topological polar surface area (TPSA) is 111 Å². The first-order valence-electron chi connectivity index (χ1n) is 9.67. The number of anilines is 1. The lowest BCUT2D eigenvalue weighted by atomic mass is 10.0. The summed E-state index contributed by atoms with van der Waals surface area (Å²) in [7, 11) is 0. The van der Waals surface area contributed by atoms with Crippen molar-refractivity contribution in [2.24, 2.45) is 5.73 Å². The molecule has 2 amide bonds. The zero-order valence-electron chi connectivity index (χ0n) is 16.0. The quantitative estimate of drug-likeness (QED) is 0.525. The smallest absolute Gasteiger partial charge is 0.259 e. The number of pyridine rings is 1. The molecule has 1 fully saturated rings. The maximum absolute atomic E-state index is 13.3. The second-order valence-electron chi connectivity index (χ2n) is 7.35. The van der Waals surface area contributed by atoms with Crippen LogP contribution in [0.25, 0.3) is 22.4 Å². The minimum absolute atomic E-state index is 0.321. The first kappa shape index (κ1) is 18.1. The van der Waals surface area contributed by atoms with Gasteiger partial charge in [-0.2, -0.15) is 0 Å². The van der Waals surface area contributed by atoms with Gasteiger partial charge in [-0.3, -0.25) is 9.59 Å². The Bertz CT molecular complexity index is 1280. The van der Waals surface area contributed by atoms with Gasteiger partial charge >= 0.3 is 0 Å². The molecule has 148 valence electrons. The van der Waals surface area contributed by atoms with Crippen molar-refractivity contribution < 1.29 is 14.1 Å². The zero-order valence-corrected chi connectivity index (χ0v) is 16.0. The molecule has 2 aromatic heterocycles. The van der Waals surface area contributed by atoms with Crippen molar-refractivity contribution in [2.45, 2.75) is 18.8 Å². The van der Waals surface area contributed by atoms with Gasteiger partial charge in [-0.1, -0.05) is 41.6 Å². The summed E-state index contributed by atoms with van der Waals surface area (Å²) in [6.07, 6.45) is 2.08. The van der Waals surface area contributed by atoms with E-state index in [9.17, 15) is 9.59 Å². The highest BCUT2D eigenvalue weighted by Gasteiger charge is 2.29. The number of hydrogen-bond donors (Lipinski definition) is 2. The number of carbonyl (C=O) groups excluding carboxylic acids is 2. The van der Waals surface area contributed by atoms with E-state index >= 15 is 0 Å². The van der Waals surface area contributed by atoms with Gasteiger partial charge in [0.25, 0.3) is 11.6 Å². The van der Waals surface area contributed by atoms with Crippen LogP contribution in [0.2, 0.25) is 0 Å².